The van der Waals surface area contributed by atoms with E-state index in [9.17, 15) is 4.79 Å². The minimum absolute atomic E-state index is 0.193. The molecular weight excluding hydrogens is 272 g/mol. The molecule has 0 saturated carbocycles. The summed E-state index contributed by atoms with van der Waals surface area (Å²) in [5.41, 5.74) is 1.95. The van der Waals surface area contributed by atoms with Crippen LogP contribution in [0.5, 0.6) is 5.75 Å². The van der Waals surface area contributed by atoms with Crippen LogP contribution < -0.4 is 10.1 Å². The number of carbonyl (C=O) groups excluding carboxylic acids is 1. The zero-order valence-electron chi connectivity index (χ0n) is 12.1. The number of hydrogen-bond donors (Lipinski definition) is 1. The molecule has 1 heterocycles. The average molecular weight is 290 g/mol. The Morgan fingerprint density at radius 3 is 2.60 bits per heavy atom. The monoisotopic (exact) mass is 290 g/mol. The Balaban J connectivity index is 2.00. The fourth-order valence-corrected chi connectivity index (χ4v) is 2.48. The largest absolute Gasteiger partial charge is 0.481 e. The van der Waals surface area contributed by atoms with E-state index in [0.29, 0.717) is 5.13 Å². The van der Waals surface area contributed by atoms with Crippen molar-refractivity contribution in [3.8, 4) is 5.75 Å². The van der Waals surface area contributed by atoms with Crippen LogP contribution in [0.3, 0.4) is 0 Å². The number of hydrogen-bond acceptors (Lipinski definition) is 4. The molecule has 1 atom stereocenters. The standard InChI is InChI=1S/C15H18N2O2S/c1-9-7-5-6-8-13(9)19-11(3)14(18)17-15-16-10(2)12(4)20-15/h5-8,11H,1-4H3,(H,16,17,18). The van der Waals surface area contributed by atoms with Crippen molar-refractivity contribution in [3.05, 3.63) is 40.4 Å². The summed E-state index contributed by atoms with van der Waals surface area (Å²) < 4.78 is 5.68. The first-order chi connectivity index (χ1) is 9.47. The van der Waals surface area contributed by atoms with E-state index in [4.69, 9.17) is 4.74 Å². The van der Waals surface area contributed by atoms with Gasteiger partial charge in [-0.25, -0.2) is 4.98 Å². The molecule has 0 aliphatic heterocycles. The van der Waals surface area contributed by atoms with Crippen molar-refractivity contribution in [1.29, 1.82) is 0 Å². The van der Waals surface area contributed by atoms with Gasteiger partial charge in [0.1, 0.15) is 5.75 Å². The fraction of sp³-hybridized carbons (Fsp3) is 0.333. The van der Waals surface area contributed by atoms with Crippen molar-refractivity contribution >= 4 is 22.4 Å². The van der Waals surface area contributed by atoms with Gasteiger partial charge in [-0.2, -0.15) is 0 Å². The van der Waals surface area contributed by atoms with Crippen molar-refractivity contribution in [2.45, 2.75) is 33.8 Å². The number of ether oxygens (including phenoxy) is 1. The highest BCUT2D eigenvalue weighted by atomic mass is 32.1. The molecule has 1 unspecified atom stereocenters. The summed E-state index contributed by atoms with van der Waals surface area (Å²) in [4.78, 5) is 17.5. The van der Waals surface area contributed by atoms with E-state index < -0.39 is 6.10 Å². The molecule has 106 valence electrons. The molecule has 0 saturated heterocycles. The quantitative estimate of drug-likeness (QED) is 0.938. The number of anilines is 1. The van der Waals surface area contributed by atoms with Crippen molar-refractivity contribution < 1.29 is 9.53 Å². The SMILES string of the molecule is Cc1ccccc1OC(C)C(=O)Nc1nc(C)c(C)s1. The number of thiazole rings is 1. The lowest BCUT2D eigenvalue weighted by molar-refractivity contribution is -0.122. The smallest absolute Gasteiger partial charge is 0.266 e. The average Bonchev–Trinajstić information content (AvgIpc) is 2.71. The molecule has 0 radical (unpaired) electrons. The summed E-state index contributed by atoms with van der Waals surface area (Å²) in [5.74, 6) is 0.531. The first-order valence-corrected chi connectivity index (χ1v) is 7.26. The van der Waals surface area contributed by atoms with E-state index in [1.54, 1.807) is 6.92 Å². The maximum atomic E-state index is 12.1. The third kappa shape index (κ3) is 3.36. The number of carbonyl (C=O) groups is 1. The van der Waals surface area contributed by atoms with E-state index in [0.717, 1.165) is 21.9 Å². The highest BCUT2D eigenvalue weighted by molar-refractivity contribution is 7.15. The Labute approximate surface area is 122 Å². The number of nitrogens with zero attached hydrogens (tertiary/aromatic N) is 1. The molecule has 2 rings (SSSR count). The molecule has 1 N–H and O–H groups in total. The van der Waals surface area contributed by atoms with E-state index in [1.807, 2.05) is 45.0 Å². The summed E-state index contributed by atoms with van der Waals surface area (Å²) in [5, 5.41) is 3.40. The van der Waals surface area contributed by atoms with Crippen LogP contribution in [0.4, 0.5) is 5.13 Å². The van der Waals surface area contributed by atoms with Crippen LogP contribution in [-0.2, 0) is 4.79 Å². The lowest BCUT2D eigenvalue weighted by atomic mass is 10.2. The van der Waals surface area contributed by atoms with Gasteiger partial charge in [0.15, 0.2) is 11.2 Å². The number of nitrogens with one attached hydrogen (secondary N) is 1. The van der Waals surface area contributed by atoms with Crippen LogP contribution in [0, 0.1) is 20.8 Å². The number of aryl methyl sites for hydroxylation is 3. The van der Waals surface area contributed by atoms with E-state index in [-0.39, 0.29) is 5.91 Å². The van der Waals surface area contributed by atoms with Gasteiger partial charge >= 0.3 is 0 Å². The van der Waals surface area contributed by atoms with Gasteiger partial charge < -0.3 is 4.74 Å². The van der Waals surface area contributed by atoms with Gasteiger partial charge in [-0.15, -0.1) is 11.3 Å². The molecule has 2 aromatic rings. The summed E-state index contributed by atoms with van der Waals surface area (Å²) in [6.07, 6.45) is -0.569. The number of aromatic nitrogens is 1. The van der Waals surface area contributed by atoms with Crippen LogP contribution in [0.25, 0.3) is 0 Å². The van der Waals surface area contributed by atoms with E-state index >= 15 is 0 Å². The highest BCUT2D eigenvalue weighted by Gasteiger charge is 2.17. The van der Waals surface area contributed by atoms with Gasteiger partial charge in [0.2, 0.25) is 0 Å². The molecule has 1 aromatic heterocycles. The molecule has 4 nitrogen and oxygen atoms in total. The minimum Gasteiger partial charge on any atom is -0.481 e. The van der Waals surface area contributed by atoms with Gasteiger partial charge in [-0.05, 0) is 39.3 Å². The zero-order valence-corrected chi connectivity index (χ0v) is 12.9. The highest BCUT2D eigenvalue weighted by Crippen LogP contribution is 2.22. The molecule has 0 aliphatic carbocycles. The van der Waals surface area contributed by atoms with E-state index in [2.05, 4.69) is 10.3 Å². The van der Waals surface area contributed by atoms with Crippen LogP contribution in [0.1, 0.15) is 23.1 Å². The Morgan fingerprint density at radius 2 is 2.00 bits per heavy atom. The van der Waals surface area contributed by atoms with Crippen LogP contribution >= 0.6 is 11.3 Å². The predicted molar refractivity (Wildman–Crippen MR) is 81.5 cm³/mol. The molecule has 0 bridgehead atoms. The summed E-state index contributed by atoms with van der Waals surface area (Å²) in [6, 6.07) is 7.64. The molecule has 1 amide bonds. The maximum Gasteiger partial charge on any atom is 0.266 e. The second-order valence-electron chi connectivity index (χ2n) is 4.68. The molecule has 0 fully saturated rings. The molecule has 0 aliphatic rings. The fourth-order valence-electron chi connectivity index (χ4n) is 1.67. The topological polar surface area (TPSA) is 51.2 Å². The first kappa shape index (κ1) is 14.5. The Morgan fingerprint density at radius 1 is 1.30 bits per heavy atom. The second kappa shape index (κ2) is 6.05. The van der Waals surface area contributed by atoms with Crippen molar-refractivity contribution in [2.75, 3.05) is 5.32 Å². The predicted octanol–water partition coefficient (Wildman–Crippen LogP) is 3.47. The Kier molecular flexibility index (Phi) is 4.39. The normalized spacial score (nSPS) is 12.0. The molecule has 1 aromatic carbocycles. The van der Waals surface area contributed by atoms with E-state index in [1.165, 1.54) is 11.3 Å². The minimum atomic E-state index is -0.569. The number of rotatable bonds is 4. The van der Waals surface area contributed by atoms with Gasteiger partial charge in [0.05, 0.1) is 5.69 Å². The van der Waals surface area contributed by atoms with Gasteiger partial charge in [-0.1, -0.05) is 18.2 Å². The number of benzene rings is 1. The summed E-state index contributed by atoms with van der Waals surface area (Å²) >= 11 is 1.47. The number of para-hydroxylation sites is 1. The van der Waals surface area contributed by atoms with Crippen LogP contribution in [0.2, 0.25) is 0 Å². The number of amides is 1. The maximum absolute atomic E-state index is 12.1. The van der Waals surface area contributed by atoms with Crippen LogP contribution in [-0.4, -0.2) is 17.0 Å². The molecule has 5 heteroatoms. The molecule has 20 heavy (non-hydrogen) atoms. The van der Waals surface area contributed by atoms with Gasteiger partial charge in [0, 0.05) is 4.88 Å². The summed E-state index contributed by atoms with van der Waals surface area (Å²) in [7, 11) is 0. The van der Waals surface area contributed by atoms with Crippen molar-refractivity contribution in [2.24, 2.45) is 0 Å². The Bertz CT molecular complexity index is 603. The van der Waals surface area contributed by atoms with Gasteiger partial charge in [0.25, 0.3) is 5.91 Å². The molecule has 0 spiro atoms. The van der Waals surface area contributed by atoms with Crippen molar-refractivity contribution in [3.63, 3.8) is 0 Å². The molecular formula is C15H18N2O2S. The zero-order chi connectivity index (χ0) is 14.7. The van der Waals surface area contributed by atoms with Crippen molar-refractivity contribution in [1.82, 2.24) is 4.98 Å². The third-order valence-electron chi connectivity index (χ3n) is 3.03. The Hall–Kier alpha value is -1.88. The second-order valence-corrected chi connectivity index (χ2v) is 5.88. The lowest BCUT2D eigenvalue weighted by Crippen LogP contribution is -2.30. The lowest BCUT2D eigenvalue weighted by Gasteiger charge is -2.15. The summed E-state index contributed by atoms with van der Waals surface area (Å²) in [6.45, 7) is 7.59. The third-order valence-corrected chi connectivity index (χ3v) is 4.01. The first-order valence-electron chi connectivity index (χ1n) is 6.44. The van der Waals surface area contributed by atoms with Gasteiger partial charge in [-0.3, -0.25) is 10.1 Å². The van der Waals surface area contributed by atoms with Crippen LogP contribution in [0.15, 0.2) is 24.3 Å².